The van der Waals surface area contributed by atoms with Crippen molar-refractivity contribution in [1.29, 1.82) is 0 Å². The van der Waals surface area contributed by atoms with Crippen LogP contribution >= 0.6 is 0 Å². The number of rotatable bonds is 3. The van der Waals surface area contributed by atoms with Crippen molar-refractivity contribution in [3.8, 4) is 28.3 Å². The third-order valence-corrected chi connectivity index (χ3v) is 5.56. The molecule has 0 saturated carbocycles. The smallest absolute Gasteiger partial charge is 0.437 e. The van der Waals surface area contributed by atoms with E-state index in [0.29, 0.717) is 28.4 Å². The number of likely N-dealkylation sites (N-methyl/N-ethyl adjacent to an activating group) is 1. The molecule has 1 N–H and O–H groups in total. The molecule has 1 aromatic carbocycles. The second-order valence-corrected chi connectivity index (χ2v) is 8.08. The van der Waals surface area contributed by atoms with Crippen LogP contribution in [0, 0.1) is 6.92 Å². The highest BCUT2D eigenvalue weighted by molar-refractivity contribution is 5.73. The minimum atomic E-state index is -4.66. The fourth-order valence-corrected chi connectivity index (χ4v) is 3.95. The van der Waals surface area contributed by atoms with Crippen LogP contribution in [0.4, 0.5) is 13.2 Å². The molecule has 3 aromatic heterocycles. The Hall–Kier alpha value is -3.53. The SMILES string of the molecule is Cc1cn2cc(-c3ccc(-c4ccc(C5CN(C)C5)nn4)c(O)c3)nc(C(F)(F)F)c2n1. The fraction of sp³-hybridized carbons (Fsp3) is 0.273. The molecule has 4 aromatic rings. The summed E-state index contributed by atoms with van der Waals surface area (Å²) in [5.74, 6) is 0.235. The zero-order valence-electron chi connectivity index (χ0n) is 17.3. The number of alkyl halides is 3. The number of halogens is 3. The van der Waals surface area contributed by atoms with Crippen molar-refractivity contribution >= 4 is 5.65 Å². The summed E-state index contributed by atoms with van der Waals surface area (Å²) in [6.07, 6.45) is -1.70. The number of aromatic hydroxyl groups is 1. The molecule has 0 aliphatic carbocycles. The van der Waals surface area contributed by atoms with Gasteiger partial charge >= 0.3 is 6.18 Å². The van der Waals surface area contributed by atoms with Gasteiger partial charge in [-0.3, -0.25) is 0 Å². The number of hydrogen-bond donors (Lipinski definition) is 1. The molecule has 10 heteroatoms. The van der Waals surface area contributed by atoms with Crippen LogP contribution in [0.25, 0.3) is 28.2 Å². The average molecular weight is 440 g/mol. The summed E-state index contributed by atoms with van der Waals surface area (Å²) in [6, 6.07) is 8.26. The van der Waals surface area contributed by atoms with Gasteiger partial charge in [0.2, 0.25) is 0 Å². The van der Waals surface area contributed by atoms with E-state index in [4.69, 9.17) is 0 Å². The predicted molar refractivity (Wildman–Crippen MR) is 111 cm³/mol. The molecule has 0 spiro atoms. The standard InChI is InChI=1S/C22H19F3N6O/c1-12-8-31-11-18(27-20(21(31)26-12)22(23,24)25)13-3-4-15(19(32)7-13)17-6-5-16(28-29-17)14-9-30(2)10-14/h3-8,11,14,32H,9-10H2,1-2H3. The third-order valence-electron chi connectivity index (χ3n) is 5.56. The van der Waals surface area contributed by atoms with Gasteiger partial charge in [-0.25, -0.2) is 9.97 Å². The van der Waals surface area contributed by atoms with Gasteiger partial charge in [-0.15, -0.1) is 0 Å². The maximum absolute atomic E-state index is 13.5. The summed E-state index contributed by atoms with van der Waals surface area (Å²) in [6.45, 7) is 3.48. The molecule has 1 aliphatic heterocycles. The first-order valence-corrected chi connectivity index (χ1v) is 9.98. The summed E-state index contributed by atoms with van der Waals surface area (Å²) in [7, 11) is 2.04. The van der Waals surface area contributed by atoms with Crippen LogP contribution in [-0.2, 0) is 6.18 Å². The molecular formula is C22H19F3N6O. The molecule has 1 fully saturated rings. The molecule has 0 unspecified atom stereocenters. The van der Waals surface area contributed by atoms with Gasteiger partial charge in [0.1, 0.15) is 5.75 Å². The molecule has 5 rings (SSSR count). The van der Waals surface area contributed by atoms with Gasteiger partial charge in [0.15, 0.2) is 11.3 Å². The van der Waals surface area contributed by atoms with E-state index in [2.05, 4.69) is 25.1 Å². The second-order valence-electron chi connectivity index (χ2n) is 8.08. The maximum atomic E-state index is 13.5. The molecule has 0 atom stereocenters. The van der Waals surface area contributed by atoms with Crippen LogP contribution in [0.15, 0.2) is 42.7 Å². The van der Waals surface area contributed by atoms with Gasteiger partial charge in [0.05, 0.1) is 22.8 Å². The number of imidazole rings is 1. The van der Waals surface area contributed by atoms with E-state index in [0.717, 1.165) is 18.8 Å². The van der Waals surface area contributed by atoms with Gasteiger partial charge in [-0.1, -0.05) is 6.07 Å². The first-order valence-electron chi connectivity index (χ1n) is 9.98. The highest BCUT2D eigenvalue weighted by Crippen LogP contribution is 2.35. The topological polar surface area (TPSA) is 79.4 Å². The van der Waals surface area contributed by atoms with Crippen molar-refractivity contribution in [3.63, 3.8) is 0 Å². The van der Waals surface area contributed by atoms with E-state index < -0.39 is 11.9 Å². The molecular weight excluding hydrogens is 421 g/mol. The van der Waals surface area contributed by atoms with Crippen molar-refractivity contribution in [2.24, 2.45) is 0 Å². The van der Waals surface area contributed by atoms with Crippen LogP contribution in [0.2, 0.25) is 0 Å². The quantitative estimate of drug-likeness (QED) is 0.520. The minimum absolute atomic E-state index is 0.0691. The van der Waals surface area contributed by atoms with E-state index in [1.807, 2.05) is 13.1 Å². The Morgan fingerprint density at radius 3 is 2.41 bits per heavy atom. The summed E-state index contributed by atoms with van der Waals surface area (Å²) in [4.78, 5) is 9.92. The lowest BCUT2D eigenvalue weighted by Crippen LogP contribution is -2.42. The molecule has 7 nitrogen and oxygen atoms in total. The summed E-state index contributed by atoms with van der Waals surface area (Å²) in [5, 5.41) is 19.1. The number of fused-ring (bicyclic) bond motifs is 1. The molecule has 164 valence electrons. The number of benzene rings is 1. The highest BCUT2D eigenvalue weighted by Gasteiger charge is 2.37. The second kappa shape index (κ2) is 7.27. The van der Waals surface area contributed by atoms with Crippen molar-refractivity contribution < 1.29 is 18.3 Å². The Bertz CT molecular complexity index is 1310. The Kier molecular flexibility index (Phi) is 4.63. The van der Waals surface area contributed by atoms with Gasteiger partial charge in [0.25, 0.3) is 0 Å². The van der Waals surface area contributed by atoms with E-state index >= 15 is 0 Å². The number of nitrogens with zero attached hydrogens (tertiary/aromatic N) is 6. The van der Waals surface area contributed by atoms with Crippen molar-refractivity contribution in [1.82, 2.24) is 29.5 Å². The van der Waals surface area contributed by atoms with Gasteiger partial charge in [-0.2, -0.15) is 23.4 Å². The Morgan fingerprint density at radius 2 is 1.78 bits per heavy atom. The lowest BCUT2D eigenvalue weighted by molar-refractivity contribution is -0.140. The number of hydrogen-bond acceptors (Lipinski definition) is 6. The minimum Gasteiger partial charge on any atom is -0.507 e. The predicted octanol–water partition coefficient (Wildman–Crippen LogP) is 3.92. The normalized spacial score (nSPS) is 15.3. The van der Waals surface area contributed by atoms with Crippen LogP contribution in [0.5, 0.6) is 5.75 Å². The van der Waals surface area contributed by atoms with Crippen LogP contribution in [0.3, 0.4) is 0 Å². The third kappa shape index (κ3) is 3.56. The zero-order chi connectivity index (χ0) is 22.6. The number of likely N-dealkylation sites (tertiary alicyclic amines) is 1. The van der Waals surface area contributed by atoms with Crippen molar-refractivity contribution in [2.45, 2.75) is 19.0 Å². The molecule has 1 saturated heterocycles. The lowest BCUT2D eigenvalue weighted by Gasteiger charge is -2.35. The molecule has 0 amide bonds. The maximum Gasteiger partial charge on any atom is 0.437 e. The van der Waals surface area contributed by atoms with Crippen molar-refractivity contribution in [2.75, 3.05) is 20.1 Å². The van der Waals surface area contributed by atoms with E-state index in [-0.39, 0.29) is 17.1 Å². The number of phenols is 1. The van der Waals surface area contributed by atoms with Gasteiger partial charge in [0, 0.05) is 42.5 Å². The fourth-order valence-electron chi connectivity index (χ4n) is 3.95. The lowest BCUT2D eigenvalue weighted by atomic mass is 9.96. The molecule has 0 radical (unpaired) electrons. The summed E-state index contributed by atoms with van der Waals surface area (Å²) in [5.41, 5.74) is 1.34. The monoisotopic (exact) mass is 440 g/mol. The van der Waals surface area contributed by atoms with Crippen LogP contribution in [-0.4, -0.2) is 54.7 Å². The number of phenolic OH excluding ortho intramolecular Hbond substituents is 1. The van der Waals surface area contributed by atoms with Crippen LogP contribution < -0.4 is 0 Å². The average Bonchev–Trinajstić information content (AvgIpc) is 3.10. The number of aryl methyl sites for hydroxylation is 1. The zero-order valence-corrected chi connectivity index (χ0v) is 17.3. The van der Waals surface area contributed by atoms with Gasteiger partial charge < -0.3 is 14.4 Å². The van der Waals surface area contributed by atoms with E-state index in [1.54, 1.807) is 25.1 Å². The summed E-state index contributed by atoms with van der Waals surface area (Å²) >= 11 is 0. The number of aromatic nitrogens is 5. The molecule has 0 bridgehead atoms. The Morgan fingerprint density at radius 1 is 1.00 bits per heavy atom. The van der Waals surface area contributed by atoms with Gasteiger partial charge in [-0.05, 0) is 38.2 Å². The largest absolute Gasteiger partial charge is 0.507 e. The Labute approximate surface area is 181 Å². The first kappa shape index (κ1) is 20.4. The molecule has 1 aliphatic rings. The van der Waals surface area contributed by atoms with E-state index in [9.17, 15) is 18.3 Å². The molecule has 4 heterocycles. The first-order chi connectivity index (χ1) is 15.2. The Balaban J connectivity index is 1.50. The van der Waals surface area contributed by atoms with E-state index in [1.165, 1.54) is 22.9 Å². The highest BCUT2D eigenvalue weighted by atomic mass is 19.4. The molecule has 32 heavy (non-hydrogen) atoms. The van der Waals surface area contributed by atoms with Crippen molar-refractivity contribution in [3.05, 3.63) is 59.8 Å². The van der Waals surface area contributed by atoms with Crippen LogP contribution in [0.1, 0.15) is 23.0 Å². The summed E-state index contributed by atoms with van der Waals surface area (Å²) < 4.78 is 41.9.